The summed E-state index contributed by atoms with van der Waals surface area (Å²) in [4.78, 5) is 19.1. The number of hydrogen-bond donors (Lipinski definition) is 1. The lowest BCUT2D eigenvalue weighted by atomic mass is 9.89. The summed E-state index contributed by atoms with van der Waals surface area (Å²) < 4.78 is 13.4. The van der Waals surface area contributed by atoms with E-state index in [0.717, 1.165) is 16.1 Å². The van der Waals surface area contributed by atoms with Crippen molar-refractivity contribution in [3.8, 4) is 0 Å². The predicted molar refractivity (Wildman–Crippen MR) is 82.4 cm³/mol. The second-order valence-corrected chi connectivity index (χ2v) is 6.60. The van der Waals surface area contributed by atoms with Crippen molar-refractivity contribution in [3.05, 3.63) is 51.7 Å². The molecule has 1 aromatic carbocycles. The van der Waals surface area contributed by atoms with Crippen LogP contribution >= 0.6 is 11.3 Å². The molecule has 1 fully saturated rings. The third-order valence-electron chi connectivity index (χ3n) is 4.20. The number of rotatable bonds is 4. The van der Waals surface area contributed by atoms with Gasteiger partial charge in [0.2, 0.25) is 0 Å². The van der Waals surface area contributed by atoms with Crippen molar-refractivity contribution in [3.63, 3.8) is 0 Å². The van der Waals surface area contributed by atoms with Gasteiger partial charge in [-0.15, -0.1) is 11.3 Å². The zero-order chi connectivity index (χ0) is 15.7. The molecule has 0 radical (unpaired) electrons. The lowest BCUT2D eigenvalue weighted by Gasteiger charge is -2.15. The molecule has 3 rings (SSSR count). The number of nitrogens with zero attached hydrogens (tertiary/aromatic N) is 2. The SMILES string of the molecule is Cc1ncsc1CN1C[C@@H](C(=O)O)[C@H](c2cccc(F)c2)C1. The van der Waals surface area contributed by atoms with Crippen molar-refractivity contribution in [2.45, 2.75) is 19.4 Å². The van der Waals surface area contributed by atoms with Crippen molar-refractivity contribution in [1.29, 1.82) is 0 Å². The highest BCUT2D eigenvalue weighted by Crippen LogP contribution is 2.34. The molecule has 2 aromatic rings. The van der Waals surface area contributed by atoms with E-state index in [1.165, 1.54) is 12.1 Å². The van der Waals surface area contributed by atoms with Crippen LogP contribution in [-0.2, 0) is 11.3 Å². The van der Waals surface area contributed by atoms with Crippen molar-refractivity contribution in [2.24, 2.45) is 5.92 Å². The molecular formula is C16H17FN2O2S. The van der Waals surface area contributed by atoms with Crippen LogP contribution in [0.15, 0.2) is 29.8 Å². The number of carboxylic acids is 1. The van der Waals surface area contributed by atoms with E-state index in [-0.39, 0.29) is 11.7 Å². The highest BCUT2D eigenvalue weighted by molar-refractivity contribution is 7.09. The van der Waals surface area contributed by atoms with E-state index >= 15 is 0 Å². The van der Waals surface area contributed by atoms with E-state index < -0.39 is 11.9 Å². The molecule has 116 valence electrons. The number of halogens is 1. The van der Waals surface area contributed by atoms with E-state index in [2.05, 4.69) is 9.88 Å². The van der Waals surface area contributed by atoms with Crippen molar-refractivity contribution >= 4 is 17.3 Å². The molecule has 0 saturated carbocycles. The number of benzene rings is 1. The van der Waals surface area contributed by atoms with Gasteiger partial charge >= 0.3 is 5.97 Å². The normalized spacial score (nSPS) is 22.1. The first-order chi connectivity index (χ1) is 10.5. The Morgan fingerprint density at radius 1 is 1.50 bits per heavy atom. The van der Waals surface area contributed by atoms with Crippen LogP contribution in [0.25, 0.3) is 0 Å². The van der Waals surface area contributed by atoms with E-state index in [1.807, 2.05) is 13.0 Å². The maximum atomic E-state index is 13.4. The van der Waals surface area contributed by atoms with E-state index in [1.54, 1.807) is 22.9 Å². The molecule has 0 aliphatic carbocycles. The predicted octanol–water partition coefficient (Wildman–Crippen LogP) is 2.89. The van der Waals surface area contributed by atoms with Crippen molar-refractivity contribution in [2.75, 3.05) is 13.1 Å². The molecule has 0 bridgehead atoms. The molecule has 0 unspecified atom stereocenters. The number of aromatic nitrogens is 1. The van der Waals surface area contributed by atoms with Crippen LogP contribution in [0.2, 0.25) is 0 Å². The number of aliphatic carboxylic acids is 1. The average molecular weight is 320 g/mol. The van der Waals surface area contributed by atoms with Crippen LogP contribution < -0.4 is 0 Å². The highest BCUT2D eigenvalue weighted by atomic mass is 32.1. The fraction of sp³-hybridized carbons (Fsp3) is 0.375. The molecule has 1 aliphatic heterocycles. The van der Waals surface area contributed by atoms with Gasteiger partial charge in [-0.3, -0.25) is 9.69 Å². The quantitative estimate of drug-likeness (QED) is 0.941. The first-order valence-corrected chi connectivity index (χ1v) is 8.02. The first kappa shape index (κ1) is 15.1. The van der Waals surface area contributed by atoms with Gasteiger partial charge in [0.1, 0.15) is 5.82 Å². The van der Waals surface area contributed by atoms with Crippen LogP contribution in [0.5, 0.6) is 0 Å². The van der Waals surface area contributed by atoms with E-state index in [9.17, 15) is 14.3 Å². The maximum Gasteiger partial charge on any atom is 0.308 e. The molecule has 2 atom stereocenters. The maximum absolute atomic E-state index is 13.4. The van der Waals surface area contributed by atoms with Crippen LogP contribution in [0, 0.1) is 18.7 Å². The Kier molecular flexibility index (Phi) is 4.22. The number of aryl methyl sites for hydroxylation is 1. The fourth-order valence-corrected chi connectivity index (χ4v) is 3.84. The van der Waals surface area contributed by atoms with Crippen LogP contribution in [0.4, 0.5) is 4.39 Å². The number of thiazole rings is 1. The Balaban J connectivity index is 1.81. The molecule has 0 amide bonds. The van der Waals surface area contributed by atoms with Gasteiger partial charge in [0, 0.05) is 30.4 Å². The minimum atomic E-state index is -0.821. The van der Waals surface area contributed by atoms with Gasteiger partial charge in [0.25, 0.3) is 0 Å². The van der Waals surface area contributed by atoms with E-state index in [4.69, 9.17) is 0 Å². The zero-order valence-electron chi connectivity index (χ0n) is 12.2. The fourth-order valence-electron chi connectivity index (χ4n) is 3.02. The molecule has 1 aromatic heterocycles. The third-order valence-corrected chi connectivity index (χ3v) is 5.12. The largest absolute Gasteiger partial charge is 0.481 e. The monoisotopic (exact) mass is 320 g/mol. The Labute approximate surface area is 132 Å². The minimum Gasteiger partial charge on any atom is -0.481 e. The van der Waals surface area contributed by atoms with Gasteiger partial charge in [-0.1, -0.05) is 12.1 Å². The topological polar surface area (TPSA) is 53.4 Å². The zero-order valence-corrected chi connectivity index (χ0v) is 13.0. The molecule has 4 nitrogen and oxygen atoms in total. The van der Waals surface area contributed by atoms with Crippen LogP contribution in [0.3, 0.4) is 0 Å². The van der Waals surface area contributed by atoms with Gasteiger partial charge in [-0.05, 0) is 24.6 Å². The Morgan fingerprint density at radius 2 is 2.32 bits per heavy atom. The lowest BCUT2D eigenvalue weighted by Crippen LogP contribution is -2.23. The van der Waals surface area contributed by atoms with Crippen LogP contribution in [0.1, 0.15) is 22.1 Å². The smallest absolute Gasteiger partial charge is 0.308 e. The second kappa shape index (κ2) is 6.14. The third kappa shape index (κ3) is 3.03. The number of carbonyl (C=O) groups is 1. The van der Waals surface area contributed by atoms with Crippen molar-refractivity contribution in [1.82, 2.24) is 9.88 Å². The summed E-state index contributed by atoms with van der Waals surface area (Å²) in [5, 5.41) is 9.48. The highest BCUT2D eigenvalue weighted by Gasteiger charge is 2.38. The van der Waals surface area contributed by atoms with Gasteiger partial charge < -0.3 is 5.11 Å². The molecule has 1 N–H and O–H groups in total. The van der Waals surface area contributed by atoms with Crippen molar-refractivity contribution < 1.29 is 14.3 Å². The van der Waals surface area contributed by atoms with Gasteiger partial charge in [0.15, 0.2) is 0 Å². The molecule has 22 heavy (non-hydrogen) atoms. The van der Waals surface area contributed by atoms with Gasteiger partial charge in [-0.2, -0.15) is 0 Å². The minimum absolute atomic E-state index is 0.179. The summed E-state index contributed by atoms with van der Waals surface area (Å²) in [6.07, 6.45) is 0. The molecular weight excluding hydrogens is 303 g/mol. The summed E-state index contributed by atoms with van der Waals surface area (Å²) in [6, 6.07) is 6.28. The second-order valence-electron chi connectivity index (χ2n) is 5.66. The molecule has 6 heteroatoms. The standard InChI is InChI=1S/C16H17FN2O2S/c1-10-15(22-9-18-10)8-19-6-13(14(7-19)16(20)21)11-3-2-4-12(17)5-11/h2-5,9,13-14H,6-8H2,1H3,(H,20,21)/t13-,14+/m0/s1. The van der Waals surface area contributed by atoms with E-state index in [0.29, 0.717) is 19.6 Å². The molecule has 1 saturated heterocycles. The lowest BCUT2D eigenvalue weighted by molar-refractivity contribution is -0.141. The van der Waals surface area contributed by atoms with Gasteiger partial charge in [0.05, 0.1) is 17.1 Å². The number of likely N-dealkylation sites (tertiary alicyclic amines) is 1. The molecule has 0 spiro atoms. The molecule has 2 heterocycles. The average Bonchev–Trinajstić information content (AvgIpc) is 3.07. The van der Waals surface area contributed by atoms with Crippen LogP contribution in [-0.4, -0.2) is 34.0 Å². The molecule has 1 aliphatic rings. The Morgan fingerprint density at radius 3 is 2.95 bits per heavy atom. The summed E-state index contributed by atoms with van der Waals surface area (Å²) >= 11 is 1.59. The number of carboxylic acid groups (broad SMARTS) is 1. The summed E-state index contributed by atoms with van der Waals surface area (Å²) in [5.74, 6) is -1.83. The summed E-state index contributed by atoms with van der Waals surface area (Å²) in [6.45, 7) is 3.76. The summed E-state index contributed by atoms with van der Waals surface area (Å²) in [7, 11) is 0. The van der Waals surface area contributed by atoms with Gasteiger partial charge in [-0.25, -0.2) is 9.37 Å². The Bertz CT molecular complexity index is 688. The number of hydrogen-bond acceptors (Lipinski definition) is 4. The summed E-state index contributed by atoms with van der Waals surface area (Å²) in [5.41, 5.74) is 3.56. The Hall–Kier alpha value is -1.79. The first-order valence-electron chi connectivity index (χ1n) is 7.14.